The van der Waals surface area contributed by atoms with Crippen LogP contribution in [0.3, 0.4) is 0 Å². The molecule has 222 valence electrons. The number of rotatable bonds is 13. The molecule has 3 heterocycles. The number of hydrogen-bond donors (Lipinski definition) is 2. The van der Waals surface area contributed by atoms with Gasteiger partial charge in [0.15, 0.2) is 18.7 Å². The molecule has 4 rings (SSSR count). The number of H-pyrrole nitrogens is 1. The van der Waals surface area contributed by atoms with E-state index >= 15 is 0 Å². The van der Waals surface area contributed by atoms with Crippen molar-refractivity contribution >= 4 is 21.8 Å². The number of aryl methyl sites for hydroxylation is 2. The molecule has 13 nitrogen and oxygen atoms in total. The van der Waals surface area contributed by atoms with Crippen LogP contribution in [-0.2, 0) is 21.3 Å². The molecular weight excluding hydrogens is 554 g/mol. The van der Waals surface area contributed by atoms with Gasteiger partial charge in [0, 0.05) is 18.7 Å². The number of carbonyl (C=O) groups excluding carboxylic acids is 1. The van der Waals surface area contributed by atoms with Gasteiger partial charge in [-0.3, -0.25) is 9.59 Å². The van der Waals surface area contributed by atoms with Gasteiger partial charge in [-0.1, -0.05) is 20.3 Å². The van der Waals surface area contributed by atoms with Crippen LogP contribution in [0.2, 0.25) is 0 Å². The molecule has 1 aliphatic rings. The Labute approximate surface area is 237 Å². The lowest BCUT2D eigenvalue weighted by atomic mass is 9.95. The molecule has 0 spiro atoms. The average molecular weight is 591 g/mol. The molecule has 3 aromatic rings. The van der Waals surface area contributed by atoms with E-state index in [0.717, 1.165) is 12.7 Å². The molecule has 41 heavy (non-hydrogen) atoms. The molecule has 1 fully saturated rings. The lowest BCUT2D eigenvalue weighted by molar-refractivity contribution is -0.975. The predicted molar refractivity (Wildman–Crippen MR) is 149 cm³/mol. The Balaban J connectivity index is 1.72. The number of carbonyl (C=O) groups is 1. The van der Waals surface area contributed by atoms with Crippen molar-refractivity contribution in [3.05, 3.63) is 50.3 Å². The third-order valence-corrected chi connectivity index (χ3v) is 9.29. The second-order valence-corrected chi connectivity index (χ2v) is 12.1. The lowest BCUT2D eigenvalue weighted by Gasteiger charge is -2.31. The maximum Gasteiger partial charge on any atom is 0.475 e. The minimum atomic E-state index is -3.89. The molecule has 0 amide bonds. The van der Waals surface area contributed by atoms with Gasteiger partial charge in [0.2, 0.25) is 10.0 Å². The van der Waals surface area contributed by atoms with Gasteiger partial charge in [-0.2, -0.15) is 9.14 Å². The van der Waals surface area contributed by atoms with Crippen molar-refractivity contribution in [2.24, 2.45) is 5.92 Å². The fourth-order valence-electron chi connectivity index (χ4n) is 5.25. The molecule has 0 radical (unpaired) electrons. The number of aromatic nitrogens is 3. The summed E-state index contributed by atoms with van der Waals surface area (Å²) >= 11 is 0. The van der Waals surface area contributed by atoms with Crippen LogP contribution in [0.5, 0.6) is 5.75 Å². The first kappa shape index (κ1) is 30.2. The van der Waals surface area contributed by atoms with E-state index in [2.05, 4.69) is 14.9 Å². The van der Waals surface area contributed by atoms with Crippen molar-refractivity contribution in [3.63, 3.8) is 0 Å². The smallest absolute Gasteiger partial charge is 0.475 e. The molecular formula is C27H36N5O8S+. The van der Waals surface area contributed by atoms with Crippen molar-refractivity contribution in [2.75, 3.05) is 26.3 Å². The molecule has 0 bridgehead atoms. The number of nitrogens with one attached hydrogen (secondary N) is 1. The Morgan fingerprint density at radius 1 is 1.20 bits per heavy atom. The van der Waals surface area contributed by atoms with Crippen molar-refractivity contribution in [1.29, 1.82) is 0 Å². The first-order valence-corrected chi connectivity index (χ1v) is 15.2. The molecule has 14 heteroatoms. The number of sulfonamides is 1. The quantitative estimate of drug-likeness (QED) is 0.224. The Bertz CT molecular complexity index is 1590. The van der Waals surface area contributed by atoms with Crippen LogP contribution in [0.1, 0.15) is 67.6 Å². The third kappa shape index (κ3) is 6.27. The minimum absolute atomic E-state index is 0.0363. The number of nitrogens with zero attached hydrogens (tertiary/aromatic N) is 4. The number of benzene rings is 1. The van der Waals surface area contributed by atoms with Gasteiger partial charge in [-0.25, -0.2) is 18.1 Å². The first-order chi connectivity index (χ1) is 19.6. The summed E-state index contributed by atoms with van der Waals surface area (Å²) < 4.78 is 36.1. The molecule has 2 aromatic heterocycles. The van der Waals surface area contributed by atoms with E-state index in [0.29, 0.717) is 66.8 Å². The zero-order valence-corrected chi connectivity index (χ0v) is 24.3. The van der Waals surface area contributed by atoms with E-state index in [4.69, 9.17) is 9.94 Å². The normalized spacial score (nSPS) is 14.8. The van der Waals surface area contributed by atoms with E-state index < -0.39 is 20.7 Å². The van der Waals surface area contributed by atoms with E-state index in [-0.39, 0.29) is 41.9 Å². The van der Waals surface area contributed by atoms with Crippen LogP contribution in [0.25, 0.3) is 16.9 Å². The molecule has 0 unspecified atom stereocenters. The number of hydrogen-bond acceptors (Lipinski definition) is 8. The molecule has 0 aliphatic carbocycles. The van der Waals surface area contributed by atoms with Gasteiger partial charge in [0.25, 0.3) is 5.56 Å². The second kappa shape index (κ2) is 12.8. The number of ether oxygens (including phenoxy) is 1. The van der Waals surface area contributed by atoms with E-state index in [1.54, 1.807) is 13.0 Å². The summed E-state index contributed by atoms with van der Waals surface area (Å²) in [7, 11) is -3.89. The van der Waals surface area contributed by atoms with Crippen LogP contribution in [0.4, 0.5) is 0 Å². The summed E-state index contributed by atoms with van der Waals surface area (Å²) in [6.07, 6.45) is 4.39. The van der Waals surface area contributed by atoms with Gasteiger partial charge in [-0.05, 0) is 68.7 Å². The molecule has 1 aromatic carbocycles. The van der Waals surface area contributed by atoms with Crippen LogP contribution < -0.4 is 10.3 Å². The largest absolute Gasteiger partial charge is 0.493 e. The summed E-state index contributed by atoms with van der Waals surface area (Å²) in [6.45, 7) is 6.62. The Kier molecular flexibility index (Phi) is 9.43. The van der Waals surface area contributed by atoms with Gasteiger partial charge in [0.1, 0.15) is 16.2 Å². The standard InChI is InChI=1S/C27H35N5O8S/c1-4-6-23-22(17-33)18(3)25-27(34)28-26(29-31(23)25)21-16-20(7-8-24(21)39-14-5-2)41(37,38)30-12-9-19(10-13-30)11-15-40-32(35)36/h7-8,16-17,19H,4-6,9-15H2,1-3H3,(H-,28,29,34,35,36)/p+1. The fourth-order valence-corrected chi connectivity index (χ4v) is 6.75. The Morgan fingerprint density at radius 3 is 2.56 bits per heavy atom. The highest BCUT2D eigenvalue weighted by atomic mass is 32.2. The van der Waals surface area contributed by atoms with Gasteiger partial charge >= 0.3 is 5.09 Å². The van der Waals surface area contributed by atoms with Crippen molar-refractivity contribution in [2.45, 2.75) is 64.2 Å². The SMILES string of the molecule is CCCOc1ccc(S(=O)(=O)N2CCC(CCO[N+](=O)O)CC2)cc1-c1nn2c(CCC)c(C=O)c(C)c2c(=O)[nH]1. The minimum Gasteiger partial charge on any atom is -0.493 e. The maximum absolute atomic E-state index is 13.7. The zero-order chi connectivity index (χ0) is 29.7. The van der Waals surface area contributed by atoms with Crippen molar-refractivity contribution < 1.29 is 33.1 Å². The number of piperidine rings is 1. The van der Waals surface area contributed by atoms with E-state index in [1.165, 1.54) is 21.0 Å². The fraction of sp³-hybridized carbons (Fsp3) is 0.519. The predicted octanol–water partition coefficient (Wildman–Crippen LogP) is 3.44. The maximum atomic E-state index is 13.7. The van der Waals surface area contributed by atoms with Gasteiger partial charge in [0.05, 0.1) is 22.8 Å². The topological polar surface area (TPSA) is 163 Å². The number of aromatic amines is 1. The summed E-state index contributed by atoms with van der Waals surface area (Å²) in [6, 6.07) is 4.52. The molecule has 1 aliphatic heterocycles. The Morgan fingerprint density at radius 2 is 1.93 bits per heavy atom. The first-order valence-electron chi connectivity index (χ1n) is 13.8. The summed E-state index contributed by atoms with van der Waals surface area (Å²) in [4.78, 5) is 42.9. The summed E-state index contributed by atoms with van der Waals surface area (Å²) in [5.74, 6) is 0.659. The number of aldehydes is 1. The second-order valence-electron chi connectivity index (χ2n) is 10.1. The van der Waals surface area contributed by atoms with Crippen LogP contribution >= 0.6 is 0 Å². The Hall–Kier alpha value is -3.78. The highest BCUT2D eigenvalue weighted by Gasteiger charge is 2.31. The summed E-state index contributed by atoms with van der Waals surface area (Å²) in [5.41, 5.74) is 1.74. The molecule has 1 saturated heterocycles. The van der Waals surface area contributed by atoms with Gasteiger partial charge < -0.3 is 9.72 Å². The van der Waals surface area contributed by atoms with Crippen LogP contribution in [-0.4, -0.2) is 70.2 Å². The monoisotopic (exact) mass is 590 g/mol. The van der Waals surface area contributed by atoms with Crippen molar-refractivity contribution in [3.8, 4) is 17.1 Å². The van der Waals surface area contributed by atoms with E-state index in [9.17, 15) is 22.9 Å². The van der Waals surface area contributed by atoms with Crippen LogP contribution in [0, 0.1) is 17.7 Å². The highest BCUT2D eigenvalue weighted by Crippen LogP contribution is 2.33. The summed E-state index contributed by atoms with van der Waals surface area (Å²) in [5, 5.41) is 12.7. The molecule has 2 N–H and O–H groups in total. The highest BCUT2D eigenvalue weighted by molar-refractivity contribution is 7.89. The molecule has 0 atom stereocenters. The zero-order valence-electron chi connectivity index (χ0n) is 23.5. The van der Waals surface area contributed by atoms with E-state index in [1.807, 2.05) is 13.8 Å². The lowest BCUT2D eigenvalue weighted by Crippen LogP contribution is -2.38. The molecule has 0 saturated carbocycles. The third-order valence-electron chi connectivity index (χ3n) is 7.40. The number of fused-ring (bicyclic) bond motifs is 1. The van der Waals surface area contributed by atoms with Crippen LogP contribution in [0.15, 0.2) is 27.9 Å². The van der Waals surface area contributed by atoms with Gasteiger partial charge in [-0.15, -0.1) is 5.10 Å². The van der Waals surface area contributed by atoms with Crippen molar-refractivity contribution in [1.82, 2.24) is 18.9 Å². The average Bonchev–Trinajstić information content (AvgIpc) is 3.22.